The maximum atomic E-state index is 12.1. The molecular weight excluding hydrogens is 332 g/mol. The molecule has 1 aromatic heterocycles. The Bertz CT molecular complexity index is 655. The van der Waals surface area contributed by atoms with Crippen molar-refractivity contribution >= 4 is 26.0 Å². The van der Waals surface area contributed by atoms with Crippen LogP contribution in [0.15, 0.2) is 33.9 Å². The van der Waals surface area contributed by atoms with Crippen LogP contribution in [0.25, 0.3) is 0 Å². The van der Waals surface area contributed by atoms with Crippen LogP contribution < -0.4 is 4.72 Å². The third-order valence-electron chi connectivity index (χ3n) is 2.55. The van der Waals surface area contributed by atoms with E-state index in [1.54, 1.807) is 25.1 Å². The number of aromatic amines is 1. The summed E-state index contributed by atoms with van der Waals surface area (Å²) in [7, 11) is -3.49. The second-order valence-corrected chi connectivity index (χ2v) is 6.64. The van der Waals surface area contributed by atoms with Gasteiger partial charge in [0.05, 0.1) is 4.90 Å². The minimum Gasteiger partial charge on any atom is -0.263 e. The summed E-state index contributed by atoms with van der Waals surface area (Å²) in [6, 6.07) is 5.05. The third-order valence-corrected chi connectivity index (χ3v) is 4.66. The van der Waals surface area contributed by atoms with Crippen molar-refractivity contribution in [1.29, 1.82) is 0 Å². The van der Waals surface area contributed by atoms with Gasteiger partial charge in [-0.15, -0.1) is 0 Å². The van der Waals surface area contributed by atoms with Gasteiger partial charge in [0, 0.05) is 17.4 Å². The van der Waals surface area contributed by atoms with Gasteiger partial charge in [-0.1, -0.05) is 15.9 Å². The third kappa shape index (κ3) is 3.62. The van der Waals surface area contributed by atoms with Crippen molar-refractivity contribution in [2.45, 2.75) is 18.2 Å². The fourth-order valence-electron chi connectivity index (χ4n) is 1.65. The molecule has 2 N–H and O–H groups in total. The molecule has 0 bridgehead atoms. The van der Waals surface area contributed by atoms with Crippen molar-refractivity contribution in [3.05, 3.63) is 40.4 Å². The molecule has 1 heterocycles. The molecule has 0 saturated heterocycles. The molecule has 6 nitrogen and oxygen atoms in total. The summed E-state index contributed by atoms with van der Waals surface area (Å²) in [5.74, 6) is 0.648. The molecule has 19 heavy (non-hydrogen) atoms. The average Bonchev–Trinajstić information content (AvgIpc) is 2.81. The van der Waals surface area contributed by atoms with Gasteiger partial charge in [-0.25, -0.2) is 18.1 Å². The van der Waals surface area contributed by atoms with Gasteiger partial charge in [0.15, 0.2) is 0 Å². The first-order valence-electron chi connectivity index (χ1n) is 5.59. The Balaban J connectivity index is 2.05. The molecule has 0 spiro atoms. The number of hydrogen-bond donors (Lipinski definition) is 2. The molecule has 0 radical (unpaired) electrons. The van der Waals surface area contributed by atoms with Gasteiger partial charge in [0.1, 0.15) is 12.2 Å². The molecule has 0 saturated carbocycles. The quantitative estimate of drug-likeness (QED) is 0.857. The monoisotopic (exact) mass is 344 g/mol. The summed E-state index contributed by atoms with van der Waals surface area (Å²) in [4.78, 5) is 4.22. The van der Waals surface area contributed by atoms with Crippen molar-refractivity contribution in [3.8, 4) is 0 Å². The lowest BCUT2D eigenvalue weighted by atomic mass is 10.2. The average molecular weight is 345 g/mol. The summed E-state index contributed by atoms with van der Waals surface area (Å²) in [6.45, 7) is 2.03. The molecule has 2 rings (SSSR count). The molecule has 0 aliphatic heterocycles. The number of aryl methyl sites for hydroxylation is 1. The Morgan fingerprint density at radius 2 is 2.21 bits per heavy atom. The maximum absolute atomic E-state index is 12.1. The Morgan fingerprint density at radius 1 is 1.42 bits per heavy atom. The fourth-order valence-corrected chi connectivity index (χ4v) is 3.38. The molecule has 2 aromatic rings. The lowest BCUT2D eigenvalue weighted by Gasteiger charge is -2.09. The van der Waals surface area contributed by atoms with Crippen LogP contribution in [0.1, 0.15) is 11.4 Å². The topological polar surface area (TPSA) is 87.7 Å². The molecule has 0 aliphatic carbocycles. The van der Waals surface area contributed by atoms with Gasteiger partial charge in [-0.05, 0) is 30.7 Å². The van der Waals surface area contributed by atoms with Gasteiger partial charge < -0.3 is 0 Å². The number of aromatic nitrogens is 3. The fraction of sp³-hybridized carbons (Fsp3) is 0.273. The zero-order valence-corrected chi connectivity index (χ0v) is 12.6. The van der Waals surface area contributed by atoms with Crippen LogP contribution in [0.5, 0.6) is 0 Å². The minimum absolute atomic E-state index is 0.271. The van der Waals surface area contributed by atoms with Crippen LogP contribution in [-0.2, 0) is 16.4 Å². The van der Waals surface area contributed by atoms with Crippen molar-refractivity contribution in [3.63, 3.8) is 0 Å². The van der Waals surface area contributed by atoms with Crippen molar-refractivity contribution < 1.29 is 8.42 Å². The molecule has 0 amide bonds. The van der Waals surface area contributed by atoms with Crippen LogP contribution in [0.3, 0.4) is 0 Å². The van der Waals surface area contributed by atoms with Crippen molar-refractivity contribution in [2.24, 2.45) is 0 Å². The molecule has 0 unspecified atom stereocenters. The first-order valence-corrected chi connectivity index (χ1v) is 7.87. The summed E-state index contributed by atoms with van der Waals surface area (Å²) in [5, 5.41) is 6.38. The van der Waals surface area contributed by atoms with E-state index in [0.717, 1.165) is 4.47 Å². The second-order valence-electron chi connectivity index (χ2n) is 3.99. The summed E-state index contributed by atoms with van der Waals surface area (Å²) >= 11 is 3.31. The van der Waals surface area contributed by atoms with Gasteiger partial charge in [0.25, 0.3) is 0 Å². The van der Waals surface area contributed by atoms with E-state index in [1.807, 2.05) is 0 Å². The van der Waals surface area contributed by atoms with Gasteiger partial charge >= 0.3 is 0 Å². The van der Waals surface area contributed by atoms with Gasteiger partial charge in [0.2, 0.25) is 10.0 Å². The SMILES string of the molecule is Cc1cc(Br)ccc1S(=O)(=O)NCCc1ncn[nH]1. The van der Waals surface area contributed by atoms with E-state index in [1.165, 1.54) is 6.33 Å². The summed E-state index contributed by atoms with van der Waals surface area (Å²) in [5.41, 5.74) is 0.696. The molecule has 0 atom stereocenters. The van der Waals surface area contributed by atoms with E-state index in [-0.39, 0.29) is 11.4 Å². The predicted octanol–water partition coefficient (Wildman–Crippen LogP) is 1.40. The molecule has 0 aliphatic rings. The first kappa shape index (κ1) is 14.2. The largest absolute Gasteiger partial charge is 0.263 e. The first-order chi connectivity index (χ1) is 8.99. The highest BCUT2D eigenvalue weighted by Gasteiger charge is 2.16. The van der Waals surface area contributed by atoms with E-state index in [0.29, 0.717) is 17.8 Å². The normalized spacial score (nSPS) is 11.7. The van der Waals surface area contributed by atoms with Crippen LogP contribution in [-0.4, -0.2) is 30.1 Å². The van der Waals surface area contributed by atoms with Crippen LogP contribution in [0.2, 0.25) is 0 Å². The lowest BCUT2D eigenvalue weighted by molar-refractivity contribution is 0.580. The van der Waals surface area contributed by atoms with Crippen molar-refractivity contribution in [2.75, 3.05) is 6.54 Å². The number of hydrogen-bond acceptors (Lipinski definition) is 4. The Kier molecular flexibility index (Phi) is 4.33. The Hall–Kier alpha value is -1.25. The maximum Gasteiger partial charge on any atom is 0.240 e. The number of nitrogens with zero attached hydrogens (tertiary/aromatic N) is 2. The molecule has 8 heteroatoms. The van der Waals surface area contributed by atoms with E-state index in [4.69, 9.17) is 0 Å². The molecule has 1 aromatic carbocycles. The zero-order chi connectivity index (χ0) is 13.9. The zero-order valence-electron chi connectivity index (χ0n) is 10.2. The Morgan fingerprint density at radius 3 is 2.84 bits per heavy atom. The van der Waals surface area contributed by atoms with E-state index in [9.17, 15) is 8.42 Å². The highest BCUT2D eigenvalue weighted by molar-refractivity contribution is 9.10. The van der Waals surface area contributed by atoms with Gasteiger partial charge in [-0.3, -0.25) is 5.10 Å². The molecular formula is C11H13BrN4O2S. The van der Waals surface area contributed by atoms with E-state index in [2.05, 4.69) is 35.8 Å². The highest BCUT2D eigenvalue weighted by Crippen LogP contribution is 2.19. The van der Waals surface area contributed by atoms with Crippen molar-refractivity contribution in [1.82, 2.24) is 19.9 Å². The van der Waals surface area contributed by atoms with Gasteiger partial charge in [-0.2, -0.15) is 5.10 Å². The molecule has 102 valence electrons. The number of benzene rings is 1. The number of sulfonamides is 1. The summed E-state index contributed by atoms with van der Waals surface area (Å²) in [6.07, 6.45) is 1.86. The predicted molar refractivity (Wildman–Crippen MR) is 74.2 cm³/mol. The summed E-state index contributed by atoms with van der Waals surface area (Å²) < 4.78 is 27.6. The second kappa shape index (κ2) is 5.81. The van der Waals surface area contributed by atoms with Crippen LogP contribution in [0, 0.1) is 6.92 Å². The minimum atomic E-state index is -3.49. The smallest absolute Gasteiger partial charge is 0.240 e. The lowest BCUT2D eigenvalue weighted by Crippen LogP contribution is -2.26. The number of rotatable bonds is 5. The standard InChI is InChI=1S/C11H13BrN4O2S/c1-8-6-9(12)2-3-10(8)19(17,18)15-5-4-11-13-7-14-16-11/h2-3,6-7,15H,4-5H2,1H3,(H,13,14,16). The van der Waals surface area contributed by atoms with Crippen LogP contribution in [0.4, 0.5) is 0 Å². The number of H-pyrrole nitrogens is 1. The number of nitrogens with one attached hydrogen (secondary N) is 2. The van der Waals surface area contributed by atoms with E-state index >= 15 is 0 Å². The van der Waals surface area contributed by atoms with E-state index < -0.39 is 10.0 Å². The highest BCUT2D eigenvalue weighted by atomic mass is 79.9. The molecule has 0 fully saturated rings. The Labute approximate surface area is 119 Å². The number of halogens is 1. The van der Waals surface area contributed by atoms with Crippen LogP contribution >= 0.6 is 15.9 Å².